The summed E-state index contributed by atoms with van der Waals surface area (Å²) in [6.45, 7) is 0.276. The molecule has 3 rings (SSSR count). The second-order valence-corrected chi connectivity index (χ2v) is 4.44. The van der Waals surface area contributed by atoms with Gasteiger partial charge in [0.05, 0.1) is 0 Å². The van der Waals surface area contributed by atoms with Crippen LogP contribution in [0.15, 0.2) is 30.4 Å². The van der Waals surface area contributed by atoms with E-state index in [0.29, 0.717) is 6.42 Å². The molecule has 2 aliphatic rings. The van der Waals surface area contributed by atoms with Gasteiger partial charge in [0.1, 0.15) is 5.78 Å². The van der Waals surface area contributed by atoms with Gasteiger partial charge in [-0.3, -0.25) is 4.79 Å². The number of rotatable bonds is 3. The maximum Gasteiger partial charge on any atom is 0.231 e. The van der Waals surface area contributed by atoms with Crippen LogP contribution in [0.4, 0.5) is 0 Å². The molecule has 3 nitrogen and oxygen atoms in total. The maximum absolute atomic E-state index is 12.0. The van der Waals surface area contributed by atoms with Gasteiger partial charge in [-0.05, 0) is 30.5 Å². The minimum Gasteiger partial charge on any atom is -0.454 e. The number of Topliss-reactive ketones (excluding diaryl/α,β-unsaturated/α-hetero) is 1. The highest BCUT2D eigenvalue weighted by Crippen LogP contribution is 2.33. The van der Waals surface area contributed by atoms with Gasteiger partial charge in [-0.2, -0.15) is 0 Å². The van der Waals surface area contributed by atoms with E-state index >= 15 is 0 Å². The van der Waals surface area contributed by atoms with Crippen LogP contribution >= 0.6 is 0 Å². The van der Waals surface area contributed by atoms with Gasteiger partial charge in [0, 0.05) is 12.3 Å². The van der Waals surface area contributed by atoms with Crippen molar-refractivity contribution < 1.29 is 14.3 Å². The summed E-state index contributed by atoms with van der Waals surface area (Å²) in [5, 5.41) is 0. The molecular weight excluding hydrogens is 216 g/mol. The summed E-state index contributed by atoms with van der Waals surface area (Å²) in [4.78, 5) is 12.0. The van der Waals surface area contributed by atoms with Crippen molar-refractivity contribution in [1.82, 2.24) is 0 Å². The summed E-state index contributed by atoms with van der Waals surface area (Å²) in [5.41, 5.74) is 1.000. The molecule has 1 aromatic carbocycles. The van der Waals surface area contributed by atoms with E-state index in [2.05, 4.69) is 6.08 Å². The molecular formula is C14H14O3. The lowest BCUT2D eigenvalue weighted by molar-refractivity contribution is -0.120. The summed E-state index contributed by atoms with van der Waals surface area (Å²) >= 11 is 0. The molecule has 3 heteroatoms. The van der Waals surface area contributed by atoms with Crippen LogP contribution < -0.4 is 9.47 Å². The third kappa shape index (κ3) is 2.05. The summed E-state index contributed by atoms with van der Waals surface area (Å²) < 4.78 is 10.5. The van der Waals surface area contributed by atoms with E-state index in [1.54, 1.807) is 0 Å². The number of carbonyl (C=O) groups excluding carboxylic acids is 1. The number of benzene rings is 1. The Morgan fingerprint density at radius 1 is 1.29 bits per heavy atom. The van der Waals surface area contributed by atoms with E-state index in [9.17, 15) is 4.79 Å². The third-order valence-electron chi connectivity index (χ3n) is 3.24. The summed E-state index contributed by atoms with van der Waals surface area (Å²) in [7, 11) is 0. The fourth-order valence-corrected chi connectivity index (χ4v) is 2.28. The average Bonchev–Trinajstić information content (AvgIpc) is 2.99. The highest BCUT2D eigenvalue weighted by atomic mass is 16.7. The molecule has 0 saturated heterocycles. The van der Waals surface area contributed by atoms with Crippen LogP contribution in [0, 0.1) is 5.92 Å². The zero-order valence-corrected chi connectivity index (χ0v) is 9.52. The summed E-state index contributed by atoms with van der Waals surface area (Å²) in [6, 6.07) is 5.71. The predicted molar refractivity (Wildman–Crippen MR) is 63.1 cm³/mol. The van der Waals surface area contributed by atoms with Gasteiger partial charge in [0.15, 0.2) is 11.5 Å². The van der Waals surface area contributed by atoms with E-state index < -0.39 is 0 Å². The van der Waals surface area contributed by atoms with Crippen LogP contribution in [-0.4, -0.2) is 12.6 Å². The number of ketones is 1. The molecule has 1 aromatic rings. The van der Waals surface area contributed by atoms with Crippen molar-refractivity contribution in [2.24, 2.45) is 5.92 Å². The van der Waals surface area contributed by atoms with Crippen LogP contribution in [0.25, 0.3) is 0 Å². The minimum atomic E-state index is 0.112. The van der Waals surface area contributed by atoms with Gasteiger partial charge in [-0.15, -0.1) is 0 Å². The Hall–Kier alpha value is -1.77. The van der Waals surface area contributed by atoms with E-state index in [1.807, 2.05) is 24.3 Å². The van der Waals surface area contributed by atoms with Gasteiger partial charge in [0.2, 0.25) is 6.79 Å². The highest BCUT2D eigenvalue weighted by molar-refractivity contribution is 5.85. The quantitative estimate of drug-likeness (QED) is 0.748. The molecule has 0 bridgehead atoms. The second kappa shape index (κ2) is 4.24. The average molecular weight is 230 g/mol. The topological polar surface area (TPSA) is 35.5 Å². The van der Waals surface area contributed by atoms with Crippen molar-refractivity contribution in [3.63, 3.8) is 0 Å². The largest absolute Gasteiger partial charge is 0.454 e. The number of carbonyl (C=O) groups is 1. The smallest absolute Gasteiger partial charge is 0.231 e. The van der Waals surface area contributed by atoms with E-state index in [-0.39, 0.29) is 18.5 Å². The first kappa shape index (κ1) is 10.4. The number of allylic oxidation sites excluding steroid dienone is 2. The maximum atomic E-state index is 12.0. The number of hydrogen-bond acceptors (Lipinski definition) is 3. The Morgan fingerprint density at radius 3 is 3.00 bits per heavy atom. The number of hydrogen-bond donors (Lipinski definition) is 0. The van der Waals surface area contributed by atoms with Crippen molar-refractivity contribution >= 4 is 5.78 Å². The number of fused-ring (bicyclic) bond motifs is 1. The molecule has 0 aromatic heterocycles. The molecule has 88 valence electrons. The van der Waals surface area contributed by atoms with E-state index in [1.165, 1.54) is 0 Å². The van der Waals surface area contributed by atoms with Crippen molar-refractivity contribution in [2.75, 3.05) is 6.79 Å². The Morgan fingerprint density at radius 2 is 2.18 bits per heavy atom. The van der Waals surface area contributed by atoms with Gasteiger partial charge in [-0.1, -0.05) is 18.2 Å². The van der Waals surface area contributed by atoms with Crippen LogP contribution in [-0.2, 0) is 11.2 Å². The molecule has 0 fully saturated rings. The van der Waals surface area contributed by atoms with Crippen LogP contribution in [0.2, 0.25) is 0 Å². The van der Waals surface area contributed by atoms with Gasteiger partial charge < -0.3 is 9.47 Å². The minimum absolute atomic E-state index is 0.112. The standard InChI is InChI=1S/C14H14O3/c15-12(11-3-1-2-4-11)7-10-5-6-13-14(8-10)17-9-16-13/h1,3,5-6,8,11H,2,4,7,9H2. The molecule has 0 radical (unpaired) electrons. The van der Waals surface area contributed by atoms with Crippen LogP contribution in [0.3, 0.4) is 0 Å². The lowest BCUT2D eigenvalue weighted by atomic mass is 9.97. The van der Waals surface area contributed by atoms with Gasteiger partial charge in [-0.25, -0.2) is 0 Å². The van der Waals surface area contributed by atoms with Gasteiger partial charge in [0.25, 0.3) is 0 Å². The van der Waals surface area contributed by atoms with E-state index in [4.69, 9.17) is 9.47 Å². The molecule has 1 aliphatic carbocycles. The molecule has 1 heterocycles. The molecule has 1 atom stereocenters. The normalized spacial score (nSPS) is 20.8. The van der Waals surface area contributed by atoms with Crippen molar-refractivity contribution in [1.29, 1.82) is 0 Å². The lowest BCUT2D eigenvalue weighted by Crippen LogP contribution is -2.12. The second-order valence-electron chi connectivity index (χ2n) is 4.44. The summed E-state index contributed by atoms with van der Waals surface area (Å²) in [5.74, 6) is 1.91. The van der Waals surface area contributed by atoms with Crippen molar-refractivity contribution in [3.05, 3.63) is 35.9 Å². The first-order valence-corrected chi connectivity index (χ1v) is 5.91. The summed E-state index contributed by atoms with van der Waals surface area (Å²) in [6.07, 6.45) is 6.57. The molecule has 17 heavy (non-hydrogen) atoms. The highest BCUT2D eigenvalue weighted by Gasteiger charge is 2.20. The Labute approximate surface area is 100 Å². The third-order valence-corrected chi connectivity index (χ3v) is 3.24. The Bertz CT molecular complexity index is 476. The first-order valence-electron chi connectivity index (χ1n) is 5.91. The molecule has 0 spiro atoms. The molecule has 0 saturated carbocycles. The van der Waals surface area contributed by atoms with Crippen LogP contribution in [0.1, 0.15) is 18.4 Å². The van der Waals surface area contributed by atoms with Gasteiger partial charge >= 0.3 is 0 Å². The lowest BCUT2D eigenvalue weighted by Gasteiger charge is -2.07. The molecule has 0 N–H and O–H groups in total. The van der Waals surface area contributed by atoms with Crippen LogP contribution in [0.5, 0.6) is 11.5 Å². The zero-order chi connectivity index (χ0) is 11.7. The van der Waals surface area contributed by atoms with E-state index in [0.717, 1.165) is 29.9 Å². The van der Waals surface area contributed by atoms with Crippen molar-refractivity contribution in [2.45, 2.75) is 19.3 Å². The fourth-order valence-electron chi connectivity index (χ4n) is 2.28. The first-order chi connectivity index (χ1) is 8.33. The number of ether oxygens (including phenoxy) is 2. The van der Waals surface area contributed by atoms with Crippen molar-refractivity contribution in [3.8, 4) is 11.5 Å². The molecule has 1 unspecified atom stereocenters. The zero-order valence-electron chi connectivity index (χ0n) is 9.52. The SMILES string of the molecule is O=C(Cc1ccc2c(c1)OCO2)C1C=CCC1. The Balaban J connectivity index is 1.72. The fraction of sp³-hybridized carbons (Fsp3) is 0.357. The monoisotopic (exact) mass is 230 g/mol. The molecule has 0 amide bonds. The Kier molecular flexibility index (Phi) is 2.59. The molecule has 1 aliphatic heterocycles. The predicted octanol–water partition coefficient (Wildman–Crippen LogP) is 2.49.